The van der Waals surface area contributed by atoms with Crippen LogP contribution in [0.2, 0.25) is 0 Å². The summed E-state index contributed by atoms with van der Waals surface area (Å²) in [6, 6.07) is 0. The smallest absolute Gasteiger partial charge is 0.0678 e. The normalized spacial score (nSPS) is 33.0. The predicted molar refractivity (Wildman–Crippen MR) is 41.9 cm³/mol. The average molecular weight is 193 g/mol. The third-order valence-corrected chi connectivity index (χ3v) is 2.38. The van der Waals surface area contributed by atoms with Crippen LogP contribution in [0, 0.1) is 5.41 Å². The molecule has 0 saturated carbocycles. The molecule has 0 amide bonds. The molecule has 1 nitrogen and oxygen atoms in total. The highest BCUT2D eigenvalue weighted by Gasteiger charge is 2.30. The SMILES string of the molecule is CC1(C)COC(CBr)C1. The van der Waals surface area contributed by atoms with E-state index in [1.54, 1.807) is 0 Å². The summed E-state index contributed by atoms with van der Waals surface area (Å²) >= 11 is 3.40. The third kappa shape index (κ3) is 1.94. The Balaban J connectivity index is 2.38. The summed E-state index contributed by atoms with van der Waals surface area (Å²) in [5, 5.41) is 0.983. The lowest BCUT2D eigenvalue weighted by molar-refractivity contribution is 0.115. The molecule has 1 rings (SSSR count). The van der Waals surface area contributed by atoms with Crippen LogP contribution < -0.4 is 0 Å². The van der Waals surface area contributed by atoms with Crippen molar-refractivity contribution in [3.63, 3.8) is 0 Å². The van der Waals surface area contributed by atoms with E-state index in [4.69, 9.17) is 4.74 Å². The highest BCUT2D eigenvalue weighted by molar-refractivity contribution is 9.09. The summed E-state index contributed by atoms with van der Waals surface area (Å²) in [6.07, 6.45) is 1.65. The van der Waals surface area contributed by atoms with Crippen molar-refractivity contribution in [1.29, 1.82) is 0 Å². The van der Waals surface area contributed by atoms with E-state index in [0.29, 0.717) is 11.5 Å². The van der Waals surface area contributed by atoms with E-state index in [9.17, 15) is 0 Å². The van der Waals surface area contributed by atoms with Crippen molar-refractivity contribution in [1.82, 2.24) is 0 Å². The second-order valence-corrected chi connectivity index (χ2v) is 4.10. The van der Waals surface area contributed by atoms with E-state index in [1.807, 2.05) is 0 Å². The molecule has 1 atom stereocenters. The summed E-state index contributed by atoms with van der Waals surface area (Å²) in [7, 11) is 0. The molecular formula is C7H13BrO. The van der Waals surface area contributed by atoms with Crippen LogP contribution in [0.25, 0.3) is 0 Å². The summed E-state index contributed by atoms with van der Waals surface area (Å²) < 4.78 is 5.47. The maximum Gasteiger partial charge on any atom is 0.0678 e. The molecule has 0 N–H and O–H groups in total. The molecule has 1 unspecified atom stereocenters. The van der Waals surface area contributed by atoms with Crippen LogP contribution >= 0.6 is 15.9 Å². The Labute approximate surface area is 64.9 Å². The highest BCUT2D eigenvalue weighted by Crippen LogP contribution is 2.31. The zero-order valence-electron chi connectivity index (χ0n) is 5.98. The van der Waals surface area contributed by atoms with Crippen molar-refractivity contribution < 1.29 is 4.74 Å². The van der Waals surface area contributed by atoms with Crippen molar-refractivity contribution in [2.24, 2.45) is 5.41 Å². The number of alkyl halides is 1. The first-order valence-electron chi connectivity index (χ1n) is 3.32. The van der Waals surface area contributed by atoms with Gasteiger partial charge in [0, 0.05) is 5.33 Å². The van der Waals surface area contributed by atoms with Crippen molar-refractivity contribution in [2.75, 3.05) is 11.9 Å². The van der Waals surface area contributed by atoms with Crippen LogP contribution in [0.15, 0.2) is 0 Å². The zero-order valence-corrected chi connectivity index (χ0v) is 7.57. The standard InChI is InChI=1S/C7H13BrO/c1-7(2)3-6(4-8)9-5-7/h6H,3-5H2,1-2H3. The second kappa shape index (κ2) is 2.59. The Kier molecular flexibility index (Phi) is 2.17. The number of hydrogen-bond acceptors (Lipinski definition) is 1. The quantitative estimate of drug-likeness (QED) is 0.580. The number of hydrogen-bond donors (Lipinski definition) is 0. The van der Waals surface area contributed by atoms with Gasteiger partial charge in [0.25, 0.3) is 0 Å². The maximum absolute atomic E-state index is 5.47. The van der Waals surface area contributed by atoms with Gasteiger partial charge in [-0.1, -0.05) is 29.8 Å². The zero-order chi connectivity index (χ0) is 6.91. The molecule has 1 saturated heterocycles. The fraction of sp³-hybridized carbons (Fsp3) is 1.00. The Morgan fingerprint density at radius 1 is 1.67 bits per heavy atom. The monoisotopic (exact) mass is 192 g/mol. The lowest BCUT2D eigenvalue weighted by atomic mass is 9.91. The van der Waals surface area contributed by atoms with Crippen LogP contribution in [0.4, 0.5) is 0 Å². The van der Waals surface area contributed by atoms with Gasteiger partial charge in [-0.15, -0.1) is 0 Å². The first-order chi connectivity index (χ1) is 4.14. The summed E-state index contributed by atoms with van der Waals surface area (Å²) in [4.78, 5) is 0. The van der Waals surface area contributed by atoms with Gasteiger partial charge in [0.1, 0.15) is 0 Å². The Hall–Kier alpha value is 0.440. The lowest BCUT2D eigenvalue weighted by Crippen LogP contribution is -2.10. The van der Waals surface area contributed by atoms with Crippen LogP contribution in [-0.2, 0) is 4.74 Å². The Morgan fingerprint density at radius 3 is 2.56 bits per heavy atom. The number of halogens is 1. The molecule has 1 fully saturated rings. The summed E-state index contributed by atoms with van der Waals surface area (Å²) in [6.45, 7) is 5.41. The average Bonchev–Trinajstić information content (AvgIpc) is 2.10. The van der Waals surface area contributed by atoms with Gasteiger partial charge in [-0.25, -0.2) is 0 Å². The largest absolute Gasteiger partial charge is 0.377 e. The Bertz CT molecular complexity index is 101. The molecule has 0 aliphatic carbocycles. The molecule has 0 aromatic carbocycles. The van der Waals surface area contributed by atoms with Crippen molar-refractivity contribution in [3.8, 4) is 0 Å². The van der Waals surface area contributed by atoms with Gasteiger partial charge in [0.05, 0.1) is 12.7 Å². The molecule has 0 aromatic heterocycles. The molecular weight excluding hydrogens is 180 g/mol. The van der Waals surface area contributed by atoms with Crippen LogP contribution in [-0.4, -0.2) is 18.0 Å². The summed E-state index contributed by atoms with van der Waals surface area (Å²) in [5.41, 5.74) is 0.415. The van der Waals surface area contributed by atoms with E-state index < -0.39 is 0 Å². The molecule has 0 aromatic rings. The van der Waals surface area contributed by atoms with Gasteiger partial charge >= 0.3 is 0 Å². The van der Waals surface area contributed by atoms with E-state index in [1.165, 1.54) is 6.42 Å². The van der Waals surface area contributed by atoms with Gasteiger partial charge in [0.15, 0.2) is 0 Å². The minimum absolute atomic E-state index is 0.415. The van der Waals surface area contributed by atoms with E-state index >= 15 is 0 Å². The Morgan fingerprint density at radius 2 is 2.33 bits per heavy atom. The molecule has 0 radical (unpaired) electrons. The molecule has 1 aliphatic heterocycles. The van der Waals surface area contributed by atoms with Crippen LogP contribution in [0.1, 0.15) is 20.3 Å². The fourth-order valence-corrected chi connectivity index (χ4v) is 1.59. The molecule has 9 heavy (non-hydrogen) atoms. The number of ether oxygens (including phenoxy) is 1. The molecule has 2 heteroatoms. The first kappa shape index (κ1) is 7.55. The first-order valence-corrected chi connectivity index (χ1v) is 4.44. The molecule has 54 valence electrons. The molecule has 0 spiro atoms. The van der Waals surface area contributed by atoms with E-state index in [0.717, 1.165) is 11.9 Å². The fourth-order valence-electron chi connectivity index (χ4n) is 1.18. The van der Waals surface area contributed by atoms with Crippen molar-refractivity contribution >= 4 is 15.9 Å². The maximum atomic E-state index is 5.47. The number of rotatable bonds is 1. The van der Waals surface area contributed by atoms with Crippen LogP contribution in [0.5, 0.6) is 0 Å². The molecule has 0 bridgehead atoms. The molecule has 1 aliphatic rings. The molecule has 1 heterocycles. The van der Waals surface area contributed by atoms with Crippen LogP contribution in [0.3, 0.4) is 0 Å². The van der Waals surface area contributed by atoms with Gasteiger partial charge in [-0.05, 0) is 11.8 Å². The van der Waals surface area contributed by atoms with Gasteiger partial charge in [-0.3, -0.25) is 0 Å². The predicted octanol–water partition coefficient (Wildman–Crippen LogP) is 2.20. The topological polar surface area (TPSA) is 9.23 Å². The third-order valence-electron chi connectivity index (χ3n) is 1.66. The second-order valence-electron chi connectivity index (χ2n) is 3.46. The lowest BCUT2D eigenvalue weighted by Gasteiger charge is -2.12. The van der Waals surface area contributed by atoms with Crippen molar-refractivity contribution in [3.05, 3.63) is 0 Å². The van der Waals surface area contributed by atoms with Gasteiger partial charge < -0.3 is 4.74 Å². The summed E-state index contributed by atoms with van der Waals surface area (Å²) in [5.74, 6) is 0. The van der Waals surface area contributed by atoms with Gasteiger partial charge in [-0.2, -0.15) is 0 Å². The van der Waals surface area contributed by atoms with Crippen molar-refractivity contribution in [2.45, 2.75) is 26.4 Å². The van der Waals surface area contributed by atoms with Gasteiger partial charge in [0.2, 0.25) is 0 Å². The minimum Gasteiger partial charge on any atom is -0.377 e. The van der Waals surface area contributed by atoms with E-state index in [-0.39, 0.29) is 0 Å². The minimum atomic E-state index is 0.415. The highest BCUT2D eigenvalue weighted by atomic mass is 79.9. The van der Waals surface area contributed by atoms with E-state index in [2.05, 4.69) is 29.8 Å².